The molecule has 8 heteroatoms. The lowest BCUT2D eigenvalue weighted by Gasteiger charge is -2.02. The fraction of sp³-hybridized carbons (Fsp3) is 0.111. The number of thioether (sulfide) groups is 1. The van der Waals surface area contributed by atoms with E-state index in [1.54, 1.807) is 18.3 Å². The minimum Gasteiger partial charge on any atom is -0.508 e. The predicted molar refractivity (Wildman–Crippen MR) is 100 cm³/mol. The Bertz CT molecular complexity index is 894. The number of amides is 1. The van der Waals surface area contributed by atoms with Gasteiger partial charge in [0, 0.05) is 0 Å². The first kappa shape index (κ1) is 17.7. The van der Waals surface area contributed by atoms with Gasteiger partial charge in [-0.25, -0.2) is 0 Å². The van der Waals surface area contributed by atoms with Gasteiger partial charge in [0.2, 0.25) is 5.91 Å². The van der Waals surface area contributed by atoms with E-state index in [-0.39, 0.29) is 23.2 Å². The molecule has 3 rings (SSSR count). The second-order valence-corrected chi connectivity index (χ2v) is 6.71. The molecule has 2 aromatic rings. The van der Waals surface area contributed by atoms with Crippen molar-refractivity contribution < 1.29 is 19.8 Å². The van der Waals surface area contributed by atoms with Gasteiger partial charge in [-0.3, -0.25) is 9.59 Å². The lowest BCUT2D eigenvalue weighted by molar-refractivity contribution is -0.138. The maximum atomic E-state index is 11.6. The molecule has 1 atom stereocenters. The highest BCUT2D eigenvalue weighted by molar-refractivity contribution is 8.15. The Labute approximate surface area is 153 Å². The lowest BCUT2D eigenvalue weighted by Crippen LogP contribution is -2.26. The van der Waals surface area contributed by atoms with Gasteiger partial charge in [-0.2, -0.15) is 5.10 Å². The average molecular weight is 369 g/mol. The average Bonchev–Trinajstić information content (AvgIpc) is 2.95. The maximum absolute atomic E-state index is 11.6. The van der Waals surface area contributed by atoms with Gasteiger partial charge in [-0.1, -0.05) is 42.1 Å². The van der Waals surface area contributed by atoms with Crippen molar-refractivity contribution in [3.05, 3.63) is 54.1 Å². The number of hydrogen-bond donors (Lipinski definition) is 3. The number of aliphatic carboxylic acids is 1. The molecule has 1 aliphatic rings. The van der Waals surface area contributed by atoms with E-state index < -0.39 is 11.2 Å². The maximum Gasteiger partial charge on any atom is 0.305 e. The molecule has 0 saturated carbocycles. The monoisotopic (exact) mass is 369 g/mol. The van der Waals surface area contributed by atoms with Crippen molar-refractivity contribution in [3.8, 4) is 16.9 Å². The number of phenolic OH excluding ortho intramolecular Hbond substituents is 1. The second kappa shape index (κ2) is 7.83. The van der Waals surface area contributed by atoms with Gasteiger partial charge >= 0.3 is 5.97 Å². The van der Waals surface area contributed by atoms with E-state index in [0.717, 1.165) is 28.5 Å². The molecule has 0 aliphatic carbocycles. The first-order valence-electron chi connectivity index (χ1n) is 7.71. The Kier molecular flexibility index (Phi) is 5.33. The molecule has 7 nitrogen and oxygen atoms in total. The Morgan fingerprint density at radius 3 is 2.69 bits per heavy atom. The molecule has 3 N–H and O–H groups in total. The van der Waals surface area contributed by atoms with Crippen molar-refractivity contribution >= 4 is 35.0 Å². The number of hydrogen-bond acceptors (Lipinski definition) is 6. The van der Waals surface area contributed by atoms with E-state index in [4.69, 9.17) is 5.11 Å². The predicted octanol–water partition coefficient (Wildman–Crippen LogP) is 2.46. The van der Waals surface area contributed by atoms with Crippen LogP contribution >= 0.6 is 11.8 Å². The number of rotatable bonds is 5. The summed E-state index contributed by atoms with van der Waals surface area (Å²) in [5.74, 6) is -1.20. The molecular formula is C18H15N3O4S. The molecule has 1 fully saturated rings. The van der Waals surface area contributed by atoms with Gasteiger partial charge in [0.05, 0.1) is 12.6 Å². The number of benzene rings is 2. The van der Waals surface area contributed by atoms with Gasteiger partial charge in [0.25, 0.3) is 0 Å². The topological polar surface area (TPSA) is 111 Å². The molecule has 0 bridgehead atoms. The number of carboxylic acids is 1. The van der Waals surface area contributed by atoms with Crippen molar-refractivity contribution in [2.45, 2.75) is 11.7 Å². The van der Waals surface area contributed by atoms with Crippen molar-refractivity contribution in [2.24, 2.45) is 10.2 Å². The Hall–Kier alpha value is -3.13. The fourth-order valence-corrected chi connectivity index (χ4v) is 3.26. The van der Waals surface area contributed by atoms with E-state index in [1.165, 1.54) is 0 Å². The number of carboxylic acid groups (broad SMARTS) is 1. The van der Waals surface area contributed by atoms with Crippen LogP contribution in [0.1, 0.15) is 12.0 Å². The number of phenols is 1. The highest BCUT2D eigenvalue weighted by Crippen LogP contribution is 2.23. The van der Waals surface area contributed by atoms with Crippen molar-refractivity contribution in [1.29, 1.82) is 0 Å². The molecule has 132 valence electrons. The number of nitrogens with one attached hydrogen (secondary N) is 1. The lowest BCUT2D eigenvalue weighted by atomic mass is 10.0. The zero-order valence-corrected chi connectivity index (χ0v) is 14.3. The summed E-state index contributed by atoms with van der Waals surface area (Å²) in [6.45, 7) is 0. The number of carbonyl (C=O) groups is 2. The van der Waals surface area contributed by atoms with Crippen molar-refractivity contribution in [2.75, 3.05) is 0 Å². The summed E-state index contributed by atoms with van der Waals surface area (Å²) in [6.07, 6.45) is 1.29. The number of carbonyl (C=O) groups excluding carboxylic acids is 1. The number of nitrogens with zero attached hydrogens (tertiary/aromatic N) is 2. The summed E-state index contributed by atoms with van der Waals surface area (Å²) >= 11 is 1.05. The van der Waals surface area contributed by atoms with E-state index in [0.29, 0.717) is 0 Å². The third kappa shape index (κ3) is 4.48. The number of aromatic hydroxyl groups is 1. The Balaban J connectivity index is 1.69. The molecule has 2 aromatic carbocycles. The fourth-order valence-electron chi connectivity index (χ4n) is 2.35. The first-order valence-corrected chi connectivity index (χ1v) is 8.59. The summed E-state index contributed by atoms with van der Waals surface area (Å²) in [4.78, 5) is 22.3. The van der Waals surface area contributed by atoms with Crippen LogP contribution in [-0.4, -0.2) is 38.7 Å². The molecule has 1 unspecified atom stereocenters. The second-order valence-electron chi connectivity index (χ2n) is 5.52. The van der Waals surface area contributed by atoms with Crippen molar-refractivity contribution in [3.63, 3.8) is 0 Å². The van der Waals surface area contributed by atoms with Crippen LogP contribution in [0.15, 0.2) is 58.7 Å². The molecule has 1 aliphatic heterocycles. The van der Waals surface area contributed by atoms with Crippen LogP contribution in [0.25, 0.3) is 11.1 Å². The highest BCUT2D eigenvalue weighted by atomic mass is 32.2. The van der Waals surface area contributed by atoms with Crippen LogP contribution in [0, 0.1) is 0 Å². The Morgan fingerprint density at radius 2 is 1.96 bits per heavy atom. The van der Waals surface area contributed by atoms with E-state index in [1.807, 2.05) is 36.4 Å². The first-order chi connectivity index (χ1) is 12.5. The molecule has 1 heterocycles. The van der Waals surface area contributed by atoms with Crippen molar-refractivity contribution in [1.82, 2.24) is 5.32 Å². The van der Waals surface area contributed by atoms with Crippen LogP contribution in [0.4, 0.5) is 0 Å². The zero-order chi connectivity index (χ0) is 18.5. The summed E-state index contributed by atoms with van der Waals surface area (Å²) in [7, 11) is 0. The summed E-state index contributed by atoms with van der Waals surface area (Å²) in [5, 5.41) is 28.1. The minimum atomic E-state index is -1.03. The van der Waals surface area contributed by atoms with Gasteiger partial charge in [-0.15, -0.1) is 5.10 Å². The largest absolute Gasteiger partial charge is 0.508 e. The molecule has 26 heavy (non-hydrogen) atoms. The normalized spacial score (nSPS) is 18.4. The Morgan fingerprint density at radius 1 is 1.19 bits per heavy atom. The van der Waals surface area contributed by atoms with Gasteiger partial charge < -0.3 is 15.5 Å². The third-order valence-electron chi connectivity index (χ3n) is 3.58. The molecular weight excluding hydrogens is 354 g/mol. The number of amidine groups is 1. The van der Waals surface area contributed by atoms with Gasteiger partial charge in [-0.05, 0) is 34.9 Å². The quantitative estimate of drug-likeness (QED) is 0.554. The smallest absolute Gasteiger partial charge is 0.305 e. The summed E-state index contributed by atoms with van der Waals surface area (Å²) < 4.78 is 0. The molecule has 1 saturated heterocycles. The molecule has 0 aromatic heterocycles. The molecule has 0 radical (unpaired) electrons. The van der Waals surface area contributed by atoms with Crippen LogP contribution in [0.3, 0.4) is 0 Å². The third-order valence-corrected chi connectivity index (χ3v) is 4.65. The van der Waals surface area contributed by atoms with Crippen LogP contribution < -0.4 is 5.32 Å². The van der Waals surface area contributed by atoms with Gasteiger partial charge in [0.15, 0.2) is 5.17 Å². The standard InChI is InChI=1S/C18H15N3O4S/c22-14-6-4-12(5-7-14)13-3-1-2-11(8-13)10-19-21-18-20-17(25)15(26-18)9-16(23)24/h1-8,10,15,22H,9H2,(H,23,24)(H,20,21,25). The molecule has 0 spiro atoms. The van der Waals surface area contributed by atoms with E-state index in [2.05, 4.69) is 15.5 Å². The van der Waals surface area contributed by atoms with E-state index in [9.17, 15) is 14.7 Å². The minimum absolute atomic E-state index is 0.208. The molecule has 1 amide bonds. The zero-order valence-electron chi connectivity index (χ0n) is 13.5. The van der Waals surface area contributed by atoms with E-state index >= 15 is 0 Å². The van der Waals surface area contributed by atoms with Crippen LogP contribution in [0.5, 0.6) is 5.75 Å². The van der Waals surface area contributed by atoms with Crippen LogP contribution in [-0.2, 0) is 9.59 Å². The highest BCUT2D eigenvalue weighted by Gasteiger charge is 2.32. The van der Waals surface area contributed by atoms with Gasteiger partial charge in [0.1, 0.15) is 11.0 Å². The van der Waals surface area contributed by atoms with Crippen LogP contribution in [0.2, 0.25) is 0 Å². The summed E-state index contributed by atoms with van der Waals surface area (Å²) in [5.41, 5.74) is 2.74. The summed E-state index contributed by atoms with van der Waals surface area (Å²) in [6, 6.07) is 14.5. The SMILES string of the molecule is O=C(O)CC1SC(=NN=Cc2cccc(-c3ccc(O)cc3)c2)NC1=O.